The van der Waals surface area contributed by atoms with Gasteiger partial charge < -0.3 is 0 Å². The molecule has 0 unspecified atom stereocenters. The van der Waals surface area contributed by atoms with E-state index in [9.17, 15) is 27.6 Å². The molecule has 0 bridgehead atoms. The number of H-pyrrole nitrogens is 1. The lowest BCUT2D eigenvalue weighted by Gasteiger charge is -2.35. The van der Waals surface area contributed by atoms with Crippen LogP contribution >= 0.6 is 0 Å². The molecule has 0 fully saturated rings. The number of allylic oxidation sites excluding steroid dienone is 1. The van der Waals surface area contributed by atoms with E-state index in [1.165, 1.54) is 19.1 Å². The van der Waals surface area contributed by atoms with E-state index in [0.717, 1.165) is 22.9 Å². The Balaban J connectivity index is 1.87. The lowest BCUT2D eigenvalue weighted by atomic mass is 9.66. The number of carbonyl (C=O) groups is 2. The largest absolute Gasteiger partial charge is 0.416 e. The molecule has 2 aromatic carbocycles. The SMILES string of the molecule is Cc1[nH]n(-c2ccccc2)c(=O)c1[C@@]1(C(F)(F)F)C(=O)N(c2cccc(C(F)(F)F)c2)C2=C1C(=O)CC(C)(C)C2. The minimum atomic E-state index is -5.50. The Bertz CT molecular complexity index is 1630. The molecule has 0 saturated carbocycles. The summed E-state index contributed by atoms with van der Waals surface area (Å²) in [6.45, 7) is 4.41. The van der Waals surface area contributed by atoms with E-state index in [1.54, 1.807) is 32.0 Å². The predicted octanol–water partition coefficient (Wildman–Crippen LogP) is 5.98. The Hall–Kier alpha value is -4.09. The summed E-state index contributed by atoms with van der Waals surface area (Å²) in [5.41, 5.74) is -9.93. The van der Waals surface area contributed by atoms with Crippen molar-refractivity contribution in [3.8, 4) is 5.69 Å². The van der Waals surface area contributed by atoms with Gasteiger partial charge in [0.2, 0.25) is 5.41 Å². The van der Waals surface area contributed by atoms with E-state index in [1.807, 2.05) is 0 Å². The molecule has 210 valence electrons. The number of hydrogen-bond acceptors (Lipinski definition) is 3. The summed E-state index contributed by atoms with van der Waals surface area (Å²) < 4.78 is 87.8. The summed E-state index contributed by atoms with van der Waals surface area (Å²) >= 11 is 0. The highest BCUT2D eigenvalue weighted by atomic mass is 19.4. The second kappa shape index (κ2) is 8.70. The first-order valence-corrected chi connectivity index (χ1v) is 12.2. The number of nitrogens with one attached hydrogen (secondary N) is 1. The van der Waals surface area contributed by atoms with Gasteiger partial charge in [0.25, 0.3) is 11.5 Å². The molecule has 6 nitrogen and oxygen atoms in total. The highest BCUT2D eigenvalue weighted by Gasteiger charge is 2.73. The number of aromatic nitrogens is 2. The number of para-hydroxylation sites is 1. The predicted molar refractivity (Wildman–Crippen MR) is 133 cm³/mol. The van der Waals surface area contributed by atoms with Crippen molar-refractivity contribution in [2.24, 2.45) is 5.41 Å². The Kier molecular flexibility index (Phi) is 5.98. The topological polar surface area (TPSA) is 75.2 Å². The first kappa shape index (κ1) is 27.5. The van der Waals surface area contributed by atoms with Crippen LogP contribution in [0.4, 0.5) is 32.0 Å². The van der Waals surface area contributed by atoms with Crippen molar-refractivity contribution in [1.29, 1.82) is 0 Å². The van der Waals surface area contributed by atoms with Crippen LogP contribution in [0.5, 0.6) is 0 Å². The number of anilines is 1. The van der Waals surface area contributed by atoms with Crippen LogP contribution in [0.25, 0.3) is 5.69 Å². The number of aromatic amines is 1. The molecule has 12 heteroatoms. The Morgan fingerprint density at radius 2 is 1.48 bits per heavy atom. The van der Waals surface area contributed by atoms with E-state index in [2.05, 4.69) is 5.10 Å². The Labute approximate surface area is 223 Å². The van der Waals surface area contributed by atoms with E-state index >= 15 is 13.2 Å². The Morgan fingerprint density at radius 3 is 2.08 bits per heavy atom. The quantitative estimate of drug-likeness (QED) is 0.399. The number of aryl methyl sites for hydroxylation is 1. The highest BCUT2D eigenvalue weighted by Crippen LogP contribution is 2.58. The van der Waals surface area contributed by atoms with Gasteiger partial charge in [0.15, 0.2) is 5.78 Å². The lowest BCUT2D eigenvalue weighted by Crippen LogP contribution is -2.55. The van der Waals surface area contributed by atoms with Gasteiger partial charge in [-0.1, -0.05) is 38.1 Å². The number of rotatable bonds is 3. The van der Waals surface area contributed by atoms with Crippen LogP contribution in [0.3, 0.4) is 0 Å². The normalized spacial score (nSPS) is 21.3. The fourth-order valence-electron chi connectivity index (χ4n) is 5.78. The molecule has 1 aromatic heterocycles. The van der Waals surface area contributed by atoms with Crippen LogP contribution in [-0.2, 0) is 21.2 Å². The molecule has 5 rings (SSSR count). The van der Waals surface area contributed by atoms with Gasteiger partial charge in [-0.15, -0.1) is 0 Å². The maximum atomic E-state index is 15.4. The van der Waals surface area contributed by atoms with Gasteiger partial charge in [-0.25, -0.2) is 4.68 Å². The third-order valence-corrected chi connectivity index (χ3v) is 7.34. The number of alkyl halides is 6. The van der Waals surface area contributed by atoms with Gasteiger partial charge in [0.05, 0.1) is 16.8 Å². The molecule has 1 N–H and O–H groups in total. The smallest absolute Gasteiger partial charge is 0.295 e. The molecule has 2 aliphatic rings. The molecule has 3 aromatic rings. The average molecular weight is 563 g/mol. The minimum Gasteiger partial charge on any atom is -0.295 e. The van der Waals surface area contributed by atoms with E-state index in [-0.39, 0.29) is 29.9 Å². The summed E-state index contributed by atoms with van der Waals surface area (Å²) in [4.78, 5) is 41.9. The first-order valence-electron chi connectivity index (χ1n) is 12.2. The number of nitrogens with zero attached hydrogens (tertiary/aromatic N) is 2. The molecule has 1 aliphatic carbocycles. The van der Waals surface area contributed by atoms with E-state index in [0.29, 0.717) is 11.0 Å². The van der Waals surface area contributed by atoms with Crippen LogP contribution in [0, 0.1) is 12.3 Å². The lowest BCUT2D eigenvalue weighted by molar-refractivity contribution is -0.184. The maximum absolute atomic E-state index is 15.4. The summed E-state index contributed by atoms with van der Waals surface area (Å²) in [6.07, 6.45) is -10.9. The van der Waals surface area contributed by atoms with Crippen LogP contribution < -0.4 is 10.5 Å². The number of halogens is 6. The molecule has 40 heavy (non-hydrogen) atoms. The first-order chi connectivity index (χ1) is 18.5. The number of ketones is 1. The number of amides is 1. The van der Waals surface area contributed by atoms with E-state index < -0.39 is 62.8 Å². The fourth-order valence-corrected chi connectivity index (χ4v) is 5.78. The van der Waals surface area contributed by atoms with Crippen LogP contribution in [0.2, 0.25) is 0 Å². The number of Topliss-reactive ketones (excluding diaryl/α,β-unsaturated/α-hetero) is 1. The summed E-state index contributed by atoms with van der Waals surface area (Å²) in [5.74, 6) is -2.73. The highest BCUT2D eigenvalue weighted by molar-refractivity contribution is 6.20. The van der Waals surface area contributed by atoms with Gasteiger partial charge in [-0.3, -0.25) is 24.4 Å². The monoisotopic (exact) mass is 563 g/mol. The van der Waals surface area contributed by atoms with Crippen molar-refractivity contribution in [3.63, 3.8) is 0 Å². The molecular weight excluding hydrogens is 540 g/mol. The number of benzene rings is 2. The molecule has 1 atom stereocenters. The summed E-state index contributed by atoms with van der Waals surface area (Å²) in [5, 5.41) is 2.58. The zero-order valence-corrected chi connectivity index (χ0v) is 21.5. The second-order valence-corrected chi connectivity index (χ2v) is 10.8. The fraction of sp³-hybridized carbons (Fsp3) is 0.321. The van der Waals surface area contributed by atoms with Crippen LogP contribution in [0.15, 0.2) is 70.7 Å². The van der Waals surface area contributed by atoms with Crippen LogP contribution in [-0.4, -0.2) is 27.6 Å². The van der Waals surface area contributed by atoms with Crippen molar-refractivity contribution in [1.82, 2.24) is 9.78 Å². The van der Waals surface area contributed by atoms with Gasteiger partial charge in [-0.05, 0) is 49.1 Å². The van der Waals surface area contributed by atoms with Crippen molar-refractivity contribution in [2.75, 3.05) is 4.90 Å². The van der Waals surface area contributed by atoms with E-state index in [4.69, 9.17) is 0 Å². The summed E-state index contributed by atoms with van der Waals surface area (Å²) in [6, 6.07) is 11.0. The third kappa shape index (κ3) is 3.91. The Morgan fingerprint density at radius 1 is 0.850 bits per heavy atom. The maximum Gasteiger partial charge on any atom is 0.416 e. The van der Waals surface area contributed by atoms with Crippen molar-refractivity contribution < 1.29 is 35.9 Å². The van der Waals surface area contributed by atoms with Crippen molar-refractivity contribution in [2.45, 2.75) is 51.4 Å². The molecule has 1 aliphatic heterocycles. The molecule has 2 heterocycles. The van der Waals surface area contributed by atoms with Gasteiger partial charge in [-0.2, -0.15) is 26.3 Å². The standard InChI is InChI=1S/C28H23F6N3O3/c1-15-21(23(39)37(35-15)17-9-5-4-6-10-17)26(28(32,33)34)22-19(13-25(2,3)14-20(22)38)36(24(26)40)18-11-7-8-16(12-18)27(29,30)31/h4-12,35H,13-14H2,1-3H3/t26-/m0/s1. The number of hydrogen-bond donors (Lipinski definition) is 1. The van der Waals surface area contributed by atoms with Gasteiger partial charge >= 0.3 is 12.4 Å². The molecule has 0 radical (unpaired) electrons. The zero-order chi connectivity index (χ0) is 29.4. The third-order valence-electron chi connectivity index (χ3n) is 7.34. The summed E-state index contributed by atoms with van der Waals surface area (Å²) in [7, 11) is 0. The van der Waals surface area contributed by atoms with Gasteiger partial charge in [0, 0.05) is 29.1 Å². The number of carbonyl (C=O) groups excluding carboxylic acids is 2. The second-order valence-electron chi connectivity index (χ2n) is 10.8. The molecule has 0 spiro atoms. The zero-order valence-electron chi connectivity index (χ0n) is 21.5. The molecule has 0 saturated heterocycles. The van der Waals surface area contributed by atoms with Crippen molar-refractivity contribution in [3.05, 3.63) is 93.0 Å². The van der Waals surface area contributed by atoms with Gasteiger partial charge in [0.1, 0.15) is 0 Å². The molecule has 1 amide bonds. The minimum absolute atomic E-state index is 0.185. The van der Waals surface area contributed by atoms with Crippen LogP contribution in [0.1, 0.15) is 43.5 Å². The van der Waals surface area contributed by atoms with Crippen molar-refractivity contribution >= 4 is 17.4 Å². The molecular formula is C28H23F6N3O3. The average Bonchev–Trinajstić information content (AvgIpc) is 3.28.